The van der Waals surface area contributed by atoms with Crippen molar-refractivity contribution in [1.29, 1.82) is 0 Å². The maximum atomic E-state index is 10.6. The lowest BCUT2D eigenvalue weighted by Gasteiger charge is -2.13. The van der Waals surface area contributed by atoms with Gasteiger partial charge in [-0.25, -0.2) is 0 Å². The number of rotatable bonds is 4. The van der Waals surface area contributed by atoms with Crippen LogP contribution < -0.4 is 16.8 Å². The second-order valence-corrected chi connectivity index (χ2v) is 3.97. The molecule has 0 fully saturated rings. The summed E-state index contributed by atoms with van der Waals surface area (Å²) in [4.78, 5) is 10.6. The number of benzene rings is 1. The molecule has 1 rings (SSSR count). The predicted octanol–water partition coefficient (Wildman–Crippen LogP) is 0.834. The molecule has 0 aliphatic rings. The second-order valence-electron chi connectivity index (χ2n) is 3.16. The normalized spacial score (nSPS) is 12.2. The molecular weight excluding hydrogens is 253 g/mol. The van der Waals surface area contributed by atoms with Crippen LogP contribution in [0.5, 0.6) is 0 Å². The maximum absolute atomic E-state index is 10.6. The highest BCUT2D eigenvalue weighted by molar-refractivity contribution is 6.39. The first kappa shape index (κ1) is 12.9. The minimum atomic E-state index is -1.30. The predicted molar refractivity (Wildman–Crippen MR) is 64.6 cm³/mol. The highest BCUT2D eigenvalue weighted by atomic mass is 35.5. The molecule has 0 aliphatic heterocycles. The Hall–Kier alpha value is -1.17. The number of aliphatic hydroxyl groups is 1. The molecule has 0 bridgehead atoms. The number of hydrogen-bond donors (Lipinski definition) is 4. The Balaban J connectivity index is 2.78. The molecule has 0 saturated heterocycles. The van der Waals surface area contributed by atoms with Crippen molar-refractivity contribution < 1.29 is 9.90 Å². The monoisotopic (exact) mass is 263 g/mol. The third-order valence-corrected chi connectivity index (χ3v) is 2.46. The molecule has 6 N–H and O–H groups in total. The van der Waals surface area contributed by atoms with Crippen molar-refractivity contribution in [3.63, 3.8) is 0 Å². The minimum absolute atomic E-state index is 0.0707. The lowest BCUT2D eigenvalue weighted by Crippen LogP contribution is -2.34. The van der Waals surface area contributed by atoms with Crippen LogP contribution in [0.15, 0.2) is 12.1 Å². The Morgan fingerprint density at radius 2 is 1.94 bits per heavy atom. The molecule has 0 aromatic heterocycles. The molecule has 5 nitrogen and oxygen atoms in total. The summed E-state index contributed by atoms with van der Waals surface area (Å²) < 4.78 is 0. The number of halogens is 2. The van der Waals surface area contributed by atoms with E-state index in [4.69, 9.17) is 34.7 Å². The number of carbonyl (C=O) groups excluding carboxylic acids is 1. The Morgan fingerprint density at radius 3 is 2.38 bits per heavy atom. The summed E-state index contributed by atoms with van der Waals surface area (Å²) in [6, 6.07) is 3.01. The van der Waals surface area contributed by atoms with Crippen LogP contribution in [0.2, 0.25) is 10.0 Å². The largest absolute Gasteiger partial charge is 0.399 e. The molecule has 0 radical (unpaired) electrons. The van der Waals surface area contributed by atoms with E-state index in [1.165, 1.54) is 12.1 Å². The average molecular weight is 264 g/mol. The van der Waals surface area contributed by atoms with E-state index in [0.717, 1.165) is 0 Å². The SMILES string of the molecule is NC(=O)C(O)CNc1c(Cl)cc(N)cc1Cl. The van der Waals surface area contributed by atoms with Crippen LogP contribution in [0.25, 0.3) is 0 Å². The number of nitrogens with two attached hydrogens (primary N) is 2. The van der Waals surface area contributed by atoms with Crippen LogP contribution >= 0.6 is 23.2 Å². The van der Waals surface area contributed by atoms with E-state index >= 15 is 0 Å². The zero-order valence-electron chi connectivity index (χ0n) is 8.21. The lowest BCUT2D eigenvalue weighted by molar-refractivity contribution is -0.125. The van der Waals surface area contributed by atoms with Gasteiger partial charge in [0.05, 0.1) is 15.7 Å². The van der Waals surface area contributed by atoms with Crippen molar-refractivity contribution >= 4 is 40.5 Å². The van der Waals surface area contributed by atoms with Gasteiger partial charge in [0.15, 0.2) is 0 Å². The summed E-state index contributed by atoms with van der Waals surface area (Å²) in [5, 5.41) is 12.5. The lowest BCUT2D eigenvalue weighted by atomic mass is 10.2. The van der Waals surface area contributed by atoms with Crippen molar-refractivity contribution in [2.45, 2.75) is 6.10 Å². The number of aliphatic hydroxyl groups excluding tert-OH is 1. The fraction of sp³-hybridized carbons (Fsp3) is 0.222. The van der Waals surface area contributed by atoms with E-state index in [-0.39, 0.29) is 6.54 Å². The zero-order chi connectivity index (χ0) is 12.3. The van der Waals surface area contributed by atoms with Gasteiger partial charge in [-0.2, -0.15) is 0 Å². The summed E-state index contributed by atoms with van der Waals surface area (Å²) in [6.07, 6.45) is -1.30. The molecule has 1 aromatic rings. The summed E-state index contributed by atoms with van der Waals surface area (Å²) in [6.45, 7) is -0.0707. The summed E-state index contributed by atoms with van der Waals surface area (Å²) in [5.41, 5.74) is 11.2. The molecule has 16 heavy (non-hydrogen) atoms. The Kier molecular flexibility index (Phi) is 4.23. The Bertz CT molecular complexity index is 389. The molecule has 1 atom stereocenters. The van der Waals surface area contributed by atoms with E-state index in [1.807, 2.05) is 0 Å². The molecule has 1 unspecified atom stereocenters. The van der Waals surface area contributed by atoms with Gasteiger partial charge in [0, 0.05) is 12.2 Å². The van der Waals surface area contributed by atoms with Crippen LogP contribution in [0.4, 0.5) is 11.4 Å². The minimum Gasteiger partial charge on any atom is -0.399 e. The number of anilines is 2. The Morgan fingerprint density at radius 1 is 1.44 bits per heavy atom. The molecule has 7 heteroatoms. The third kappa shape index (κ3) is 3.16. The van der Waals surface area contributed by atoms with Gasteiger partial charge in [0.2, 0.25) is 5.91 Å². The summed E-state index contributed by atoms with van der Waals surface area (Å²) in [5.74, 6) is -0.824. The molecule has 88 valence electrons. The summed E-state index contributed by atoms with van der Waals surface area (Å²) in [7, 11) is 0. The van der Waals surface area contributed by atoms with Crippen molar-refractivity contribution in [3.05, 3.63) is 22.2 Å². The number of carbonyl (C=O) groups is 1. The van der Waals surface area contributed by atoms with Crippen molar-refractivity contribution in [3.8, 4) is 0 Å². The van der Waals surface area contributed by atoms with Crippen LogP contribution in [0.3, 0.4) is 0 Å². The fourth-order valence-electron chi connectivity index (χ4n) is 1.06. The third-order valence-electron chi connectivity index (χ3n) is 1.87. The second kappa shape index (κ2) is 5.25. The first-order valence-corrected chi connectivity index (χ1v) is 5.13. The van der Waals surface area contributed by atoms with Crippen LogP contribution in [0.1, 0.15) is 0 Å². The number of hydrogen-bond acceptors (Lipinski definition) is 4. The van der Waals surface area contributed by atoms with Gasteiger partial charge in [-0.05, 0) is 12.1 Å². The van der Waals surface area contributed by atoms with Gasteiger partial charge in [-0.15, -0.1) is 0 Å². The highest BCUT2D eigenvalue weighted by Gasteiger charge is 2.13. The quantitative estimate of drug-likeness (QED) is 0.605. The highest BCUT2D eigenvalue weighted by Crippen LogP contribution is 2.32. The fourth-order valence-corrected chi connectivity index (χ4v) is 1.70. The maximum Gasteiger partial charge on any atom is 0.248 e. The van der Waals surface area contributed by atoms with Gasteiger partial charge in [0.1, 0.15) is 6.10 Å². The zero-order valence-corrected chi connectivity index (χ0v) is 9.72. The van der Waals surface area contributed by atoms with Gasteiger partial charge in [-0.3, -0.25) is 4.79 Å². The van der Waals surface area contributed by atoms with E-state index < -0.39 is 12.0 Å². The molecule has 0 aliphatic carbocycles. The standard InChI is InChI=1S/C9H11Cl2N3O2/c10-5-1-4(12)2-6(11)8(5)14-3-7(15)9(13)16/h1-2,7,14-15H,3,12H2,(H2,13,16). The molecular formula is C9H11Cl2N3O2. The smallest absolute Gasteiger partial charge is 0.248 e. The molecule has 0 spiro atoms. The molecule has 1 amide bonds. The van der Waals surface area contributed by atoms with Crippen molar-refractivity contribution in [2.24, 2.45) is 5.73 Å². The van der Waals surface area contributed by atoms with E-state index in [0.29, 0.717) is 21.4 Å². The molecule has 0 saturated carbocycles. The van der Waals surface area contributed by atoms with Crippen molar-refractivity contribution in [2.75, 3.05) is 17.6 Å². The van der Waals surface area contributed by atoms with E-state index in [2.05, 4.69) is 5.32 Å². The van der Waals surface area contributed by atoms with Crippen LogP contribution in [0, 0.1) is 0 Å². The first-order valence-electron chi connectivity index (χ1n) is 4.37. The number of nitrogen functional groups attached to an aromatic ring is 1. The van der Waals surface area contributed by atoms with Gasteiger partial charge in [0.25, 0.3) is 0 Å². The van der Waals surface area contributed by atoms with Gasteiger partial charge in [-0.1, -0.05) is 23.2 Å². The van der Waals surface area contributed by atoms with Crippen molar-refractivity contribution in [1.82, 2.24) is 0 Å². The molecule has 0 heterocycles. The van der Waals surface area contributed by atoms with Crippen LogP contribution in [-0.4, -0.2) is 23.7 Å². The number of nitrogens with one attached hydrogen (secondary N) is 1. The Labute approximate surface area is 102 Å². The van der Waals surface area contributed by atoms with E-state index in [1.54, 1.807) is 0 Å². The molecule has 1 aromatic carbocycles. The summed E-state index contributed by atoms with van der Waals surface area (Å²) >= 11 is 11.7. The number of amides is 1. The topological polar surface area (TPSA) is 101 Å². The van der Waals surface area contributed by atoms with Gasteiger partial charge >= 0.3 is 0 Å². The van der Waals surface area contributed by atoms with Gasteiger partial charge < -0.3 is 21.9 Å². The average Bonchev–Trinajstić information content (AvgIpc) is 2.15. The number of primary amides is 1. The van der Waals surface area contributed by atoms with E-state index in [9.17, 15) is 9.90 Å². The van der Waals surface area contributed by atoms with Crippen LogP contribution in [-0.2, 0) is 4.79 Å². The first-order chi connectivity index (χ1) is 7.41.